The summed E-state index contributed by atoms with van der Waals surface area (Å²) in [5.74, 6) is 0.671. The first-order valence-electron chi connectivity index (χ1n) is 8.64. The molecule has 1 aliphatic carbocycles. The van der Waals surface area contributed by atoms with E-state index >= 15 is 0 Å². The highest BCUT2D eigenvalue weighted by molar-refractivity contribution is 5.92. The third-order valence-corrected chi connectivity index (χ3v) is 4.47. The number of aromatic nitrogens is 1. The van der Waals surface area contributed by atoms with Crippen molar-refractivity contribution in [1.29, 1.82) is 0 Å². The predicted octanol–water partition coefficient (Wildman–Crippen LogP) is 3.53. The Morgan fingerprint density at radius 1 is 1.42 bits per heavy atom. The molecule has 2 aromatic rings. The molecule has 2 unspecified atom stereocenters. The van der Waals surface area contributed by atoms with Crippen LogP contribution in [0.25, 0.3) is 0 Å². The number of nitrogens with zero attached hydrogens (tertiary/aromatic N) is 1. The molecule has 0 spiro atoms. The van der Waals surface area contributed by atoms with Crippen molar-refractivity contribution in [2.24, 2.45) is 11.7 Å². The summed E-state index contributed by atoms with van der Waals surface area (Å²) >= 11 is 0. The van der Waals surface area contributed by atoms with Gasteiger partial charge in [-0.25, -0.2) is 4.98 Å². The summed E-state index contributed by atoms with van der Waals surface area (Å²) in [5, 5.41) is 3.08. The van der Waals surface area contributed by atoms with Crippen LogP contribution in [0.3, 0.4) is 0 Å². The highest BCUT2D eigenvalue weighted by atomic mass is 16.3. The smallest absolute Gasteiger partial charge is 0.273 e. The van der Waals surface area contributed by atoms with Gasteiger partial charge in [-0.1, -0.05) is 38.1 Å². The van der Waals surface area contributed by atoms with Gasteiger partial charge in [-0.15, -0.1) is 0 Å². The SMILES string of the molecule is CC(C)CC(N)c1nc(C(=O)NC2CCCc3ccccc32)co1. The van der Waals surface area contributed by atoms with E-state index in [1.807, 2.05) is 12.1 Å². The molecule has 0 aliphatic heterocycles. The van der Waals surface area contributed by atoms with Crippen LogP contribution in [-0.2, 0) is 6.42 Å². The zero-order valence-electron chi connectivity index (χ0n) is 14.3. The normalized spacial score (nSPS) is 18.2. The van der Waals surface area contributed by atoms with Crippen LogP contribution in [0.4, 0.5) is 0 Å². The van der Waals surface area contributed by atoms with Crippen LogP contribution >= 0.6 is 0 Å². The lowest BCUT2D eigenvalue weighted by atomic mass is 9.88. The lowest BCUT2D eigenvalue weighted by Crippen LogP contribution is -2.31. The van der Waals surface area contributed by atoms with E-state index in [0.29, 0.717) is 17.5 Å². The van der Waals surface area contributed by atoms with Gasteiger partial charge in [0, 0.05) is 0 Å². The molecule has 0 saturated carbocycles. The molecule has 3 rings (SSSR count). The van der Waals surface area contributed by atoms with E-state index in [-0.39, 0.29) is 18.0 Å². The molecule has 1 aromatic carbocycles. The van der Waals surface area contributed by atoms with E-state index in [4.69, 9.17) is 10.2 Å². The van der Waals surface area contributed by atoms with E-state index in [1.54, 1.807) is 0 Å². The minimum absolute atomic E-state index is 0.0342. The number of rotatable bonds is 5. The van der Waals surface area contributed by atoms with Crippen LogP contribution in [0.2, 0.25) is 0 Å². The molecule has 5 heteroatoms. The lowest BCUT2D eigenvalue weighted by Gasteiger charge is -2.25. The molecule has 1 amide bonds. The van der Waals surface area contributed by atoms with Gasteiger partial charge in [0.15, 0.2) is 5.69 Å². The van der Waals surface area contributed by atoms with Gasteiger partial charge in [0.2, 0.25) is 5.89 Å². The molecule has 0 bridgehead atoms. The second kappa shape index (κ2) is 7.18. The lowest BCUT2D eigenvalue weighted by molar-refractivity contribution is 0.0927. The van der Waals surface area contributed by atoms with Crippen LogP contribution in [0.15, 0.2) is 34.9 Å². The number of hydrogen-bond acceptors (Lipinski definition) is 4. The highest BCUT2D eigenvalue weighted by Crippen LogP contribution is 2.29. The Kier molecular flexibility index (Phi) is 5.00. The second-order valence-electron chi connectivity index (χ2n) is 6.92. The van der Waals surface area contributed by atoms with Gasteiger partial charge in [-0.05, 0) is 42.7 Å². The molecule has 1 aromatic heterocycles. The molecule has 128 valence electrons. The number of hydrogen-bond donors (Lipinski definition) is 2. The average molecular weight is 327 g/mol. The molecular weight excluding hydrogens is 302 g/mol. The number of carbonyl (C=O) groups is 1. The number of nitrogens with two attached hydrogens (primary N) is 1. The summed E-state index contributed by atoms with van der Waals surface area (Å²) in [5.41, 5.74) is 8.89. The summed E-state index contributed by atoms with van der Waals surface area (Å²) in [6, 6.07) is 8.04. The van der Waals surface area contributed by atoms with E-state index in [1.165, 1.54) is 17.4 Å². The fraction of sp³-hybridized carbons (Fsp3) is 0.474. The number of nitrogens with one attached hydrogen (secondary N) is 1. The van der Waals surface area contributed by atoms with E-state index in [0.717, 1.165) is 25.7 Å². The van der Waals surface area contributed by atoms with Crippen LogP contribution in [0, 0.1) is 5.92 Å². The van der Waals surface area contributed by atoms with E-state index in [2.05, 4.69) is 36.3 Å². The van der Waals surface area contributed by atoms with Crippen molar-refractivity contribution in [3.63, 3.8) is 0 Å². The Morgan fingerprint density at radius 2 is 2.21 bits per heavy atom. The number of aryl methyl sites for hydroxylation is 1. The fourth-order valence-corrected chi connectivity index (χ4v) is 3.31. The number of benzene rings is 1. The van der Waals surface area contributed by atoms with Crippen LogP contribution in [0.1, 0.15) is 72.7 Å². The van der Waals surface area contributed by atoms with Gasteiger partial charge in [-0.2, -0.15) is 0 Å². The van der Waals surface area contributed by atoms with E-state index < -0.39 is 0 Å². The predicted molar refractivity (Wildman–Crippen MR) is 92.5 cm³/mol. The summed E-state index contributed by atoms with van der Waals surface area (Å²) in [7, 11) is 0. The third-order valence-electron chi connectivity index (χ3n) is 4.47. The number of fused-ring (bicyclic) bond motifs is 1. The van der Waals surface area contributed by atoms with Gasteiger partial charge < -0.3 is 15.5 Å². The molecule has 5 nitrogen and oxygen atoms in total. The maximum Gasteiger partial charge on any atom is 0.273 e. The van der Waals surface area contributed by atoms with Crippen molar-refractivity contribution in [3.8, 4) is 0 Å². The van der Waals surface area contributed by atoms with Crippen LogP contribution in [0.5, 0.6) is 0 Å². The number of carbonyl (C=O) groups excluding carboxylic acids is 1. The average Bonchev–Trinajstić information content (AvgIpc) is 3.05. The second-order valence-corrected chi connectivity index (χ2v) is 6.92. The molecule has 24 heavy (non-hydrogen) atoms. The van der Waals surface area contributed by atoms with Gasteiger partial charge in [0.05, 0.1) is 12.1 Å². The van der Waals surface area contributed by atoms with Crippen molar-refractivity contribution in [2.75, 3.05) is 0 Å². The monoisotopic (exact) mass is 327 g/mol. The Bertz CT molecular complexity index is 708. The maximum absolute atomic E-state index is 12.5. The molecule has 1 heterocycles. The zero-order valence-corrected chi connectivity index (χ0v) is 14.3. The summed E-state index contributed by atoms with van der Waals surface area (Å²) < 4.78 is 5.41. The molecule has 0 saturated heterocycles. The van der Waals surface area contributed by atoms with Crippen molar-refractivity contribution in [3.05, 3.63) is 53.2 Å². The van der Waals surface area contributed by atoms with Gasteiger partial charge >= 0.3 is 0 Å². The number of amides is 1. The van der Waals surface area contributed by atoms with Crippen LogP contribution in [-0.4, -0.2) is 10.9 Å². The first-order chi connectivity index (χ1) is 11.5. The van der Waals surface area contributed by atoms with Gasteiger partial charge in [-0.3, -0.25) is 4.79 Å². The standard InChI is InChI=1S/C19H25N3O2/c1-12(2)10-15(20)19-22-17(11-24-19)18(23)21-16-9-5-7-13-6-3-4-8-14(13)16/h3-4,6,8,11-12,15-16H,5,7,9-10,20H2,1-2H3,(H,21,23). The van der Waals surface area contributed by atoms with Gasteiger partial charge in [0.1, 0.15) is 6.26 Å². The van der Waals surface area contributed by atoms with Crippen LogP contribution < -0.4 is 11.1 Å². The molecular formula is C19H25N3O2. The Balaban J connectivity index is 1.69. The van der Waals surface area contributed by atoms with Gasteiger partial charge in [0.25, 0.3) is 5.91 Å². The Labute approximate surface area is 142 Å². The molecule has 3 N–H and O–H groups in total. The quantitative estimate of drug-likeness (QED) is 0.880. The van der Waals surface area contributed by atoms with Crippen molar-refractivity contribution >= 4 is 5.91 Å². The van der Waals surface area contributed by atoms with Crippen molar-refractivity contribution in [1.82, 2.24) is 10.3 Å². The Hall–Kier alpha value is -2.14. The summed E-state index contributed by atoms with van der Waals surface area (Å²) in [6.45, 7) is 4.19. The zero-order chi connectivity index (χ0) is 17.1. The highest BCUT2D eigenvalue weighted by Gasteiger charge is 2.24. The minimum Gasteiger partial charge on any atom is -0.446 e. The molecule has 1 aliphatic rings. The van der Waals surface area contributed by atoms with E-state index in [9.17, 15) is 4.79 Å². The first kappa shape index (κ1) is 16.7. The molecule has 0 radical (unpaired) electrons. The largest absolute Gasteiger partial charge is 0.446 e. The Morgan fingerprint density at radius 3 is 3.00 bits per heavy atom. The van der Waals surface area contributed by atoms with Crippen molar-refractivity contribution < 1.29 is 9.21 Å². The minimum atomic E-state index is -0.276. The molecule has 2 atom stereocenters. The topological polar surface area (TPSA) is 81.1 Å². The van der Waals surface area contributed by atoms with Crippen molar-refractivity contribution in [2.45, 2.75) is 51.6 Å². The number of oxazole rings is 1. The maximum atomic E-state index is 12.5. The fourth-order valence-electron chi connectivity index (χ4n) is 3.31. The third kappa shape index (κ3) is 3.67. The summed E-state index contributed by atoms with van der Waals surface area (Å²) in [6.07, 6.45) is 5.27. The first-order valence-corrected chi connectivity index (χ1v) is 8.64. The summed E-state index contributed by atoms with van der Waals surface area (Å²) in [4.78, 5) is 16.8. The molecule has 0 fully saturated rings.